The predicted molar refractivity (Wildman–Crippen MR) is 70.9 cm³/mol. The van der Waals surface area contributed by atoms with Gasteiger partial charge in [-0.25, -0.2) is 9.97 Å². The number of nitrogens with zero attached hydrogens (tertiary/aromatic N) is 2. The summed E-state index contributed by atoms with van der Waals surface area (Å²) in [5.74, 6) is 0.803. The van der Waals surface area contributed by atoms with Crippen LogP contribution in [0.1, 0.15) is 32.0 Å². The molecule has 2 rings (SSSR count). The summed E-state index contributed by atoms with van der Waals surface area (Å²) >= 11 is 0. The van der Waals surface area contributed by atoms with Crippen molar-refractivity contribution >= 4 is 0 Å². The van der Waals surface area contributed by atoms with E-state index in [1.807, 2.05) is 12.3 Å². The molecule has 0 aliphatic carbocycles. The molecule has 2 nitrogen and oxygen atoms in total. The minimum atomic E-state index is 0.0579. The van der Waals surface area contributed by atoms with Gasteiger partial charge in [-0.3, -0.25) is 0 Å². The summed E-state index contributed by atoms with van der Waals surface area (Å²) in [5.41, 5.74) is 3.45. The maximum absolute atomic E-state index is 4.63. The molecule has 2 heteroatoms. The molecule has 2 aromatic rings. The number of hydrogen-bond acceptors (Lipinski definition) is 2. The fraction of sp³-hybridized carbons (Fsp3) is 0.333. The summed E-state index contributed by atoms with van der Waals surface area (Å²) in [6.45, 7) is 8.56. The Bertz CT molecular complexity index is 507. The molecule has 1 heterocycles. The topological polar surface area (TPSA) is 25.8 Å². The Morgan fingerprint density at radius 3 is 2.18 bits per heavy atom. The van der Waals surface area contributed by atoms with Crippen LogP contribution in [0.2, 0.25) is 0 Å². The highest BCUT2D eigenvalue weighted by atomic mass is 14.9. The van der Waals surface area contributed by atoms with Crippen LogP contribution < -0.4 is 0 Å². The van der Waals surface area contributed by atoms with Crippen LogP contribution in [0.15, 0.2) is 36.5 Å². The SMILES string of the molecule is Cc1ccc(-c2nccc(C(C)(C)C)n2)cc1. The Balaban J connectivity index is 2.43. The summed E-state index contributed by atoms with van der Waals surface area (Å²) in [4.78, 5) is 8.97. The second kappa shape index (κ2) is 4.28. The molecular formula is C15H18N2. The number of aryl methyl sites for hydroxylation is 1. The molecule has 0 spiro atoms. The summed E-state index contributed by atoms with van der Waals surface area (Å²) < 4.78 is 0. The van der Waals surface area contributed by atoms with E-state index in [2.05, 4.69) is 61.9 Å². The zero-order chi connectivity index (χ0) is 12.5. The highest BCUT2D eigenvalue weighted by Crippen LogP contribution is 2.22. The highest BCUT2D eigenvalue weighted by molar-refractivity contribution is 5.55. The van der Waals surface area contributed by atoms with E-state index in [-0.39, 0.29) is 5.41 Å². The first kappa shape index (κ1) is 11.8. The molecule has 0 saturated carbocycles. The van der Waals surface area contributed by atoms with Crippen molar-refractivity contribution in [3.8, 4) is 11.4 Å². The first-order valence-electron chi connectivity index (χ1n) is 5.87. The van der Waals surface area contributed by atoms with Crippen LogP contribution in [0.3, 0.4) is 0 Å². The van der Waals surface area contributed by atoms with Gasteiger partial charge in [0.05, 0.1) is 0 Å². The molecule has 0 N–H and O–H groups in total. The summed E-state index contributed by atoms with van der Waals surface area (Å²) in [6.07, 6.45) is 1.84. The molecule has 0 radical (unpaired) electrons. The van der Waals surface area contributed by atoms with E-state index in [1.165, 1.54) is 5.56 Å². The third kappa shape index (κ3) is 2.70. The van der Waals surface area contributed by atoms with E-state index < -0.39 is 0 Å². The fourth-order valence-corrected chi connectivity index (χ4v) is 1.62. The quantitative estimate of drug-likeness (QED) is 0.740. The Morgan fingerprint density at radius 2 is 1.59 bits per heavy atom. The zero-order valence-electron chi connectivity index (χ0n) is 10.9. The van der Waals surface area contributed by atoms with Gasteiger partial charge in [-0.1, -0.05) is 50.6 Å². The molecule has 0 fully saturated rings. The molecule has 0 bridgehead atoms. The van der Waals surface area contributed by atoms with Crippen molar-refractivity contribution in [2.45, 2.75) is 33.1 Å². The molecule has 17 heavy (non-hydrogen) atoms. The lowest BCUT2D eigenvalue weighted by molar-refractivity contribution is 0.568. The van der Waals surface area contributed by atoms with Crippen LogP contribution in [-0.2, 0) is 5.41 Å². The van der Waals surface area contributed by atoms with Crippen molar-refractivity contribution in [3.05, 3.63) is 47.8 Å². The van der Waals surface area contributed by atoms with Crippen molar-refractivity contribution < 1.29 is 0 Å². The lowest BCUT2D eigenvalue weighted by Gasteiger charge is -2.17. The van der Waals surface area contributed by atoms with Gasteiger partial charge in [-0.05, 0) is 13.0 Å². The molecular weight excluding hydrogens is 208 g/mol. The molecule has 1 aromatic heterocycles. The average molecular weight is 226 g/mol. The van der Waals surface area contributed by atoms with Crippen LogP contribution in [-0.4, -0.2) is 9.97 Å². The molecule has 0 atom stereocenters. The maximum Gasteiger partial charge on any atom is 0.159 e. The van der Waals surface area contributed by atoms with E-state index >= 15 is 0 Å². The Kier molecular flexibility index (Phi) is 2.97. The van der Waals surface area contributed by atoms with E-state index in [0.29, 0.717) is 0 Å². The normalized spacial score (nSPS) is 11.5. The number of benzene rings is 1. The van der Waals surface area contributed by atoms with Crippen molar-refractivity contribution in [3.63, 3.8) is 0 Å². The van der Waals surface area contributed by atoms with E-state index in [9.17, 15) is 0 Å². The van der Waals surface area contributed by atoms with Crippen LogP contribution in [0, 0.1) is 6.92 Å². The Hall–Kier alpha value is -1.70. The van der Waals surface area contributed by atoms with Crippen molar-refractivity contribution in [1.82, 2.24) is 9.97 Å². The summed E-state index contributed by atoms with van der Waals surface area (Å²) in [6, 6.07) is 10.3. The first-order valence-corrected chi connectivity index (χ1v) is 5.87. The molecule has 88 valence electrons. The number of rotatable bonds is 1. The van der Waals surface area contributed by atoms with Crippen LogP contribution in [0.25, 0.3) is 11.4 Å². The largest absolute Gasteiger partial charge is 0.237 e. The minimum absolute atomic E-state index is 0.0579. The zero-order valence-corrected chi connectivity index (χ0v) is 10.9. The van der Waals surface area contributed by atoms with E-state index in [4.69, 9.17) is 0 Å². The molecule has 0 saturated heterocycles. The Labute approximate surface area is 103 Å². The molecule has 0 aliphatic rings. The van der Waals surface area contributed by atoms with Crippen molar-refractivity contribution in [2.75, 3.05) is 0 Å². The number of hydrogen-bond donors (Lipinski definition) is 0. The highest BCUT2D eigenvalue weighted by Gasteiger charge is 2.16. The summed E-state index contributed by atoms with van der Waals surface area (Å²) in [7, 11) is 0. The predicted octanol–water partition coefficient (Wildman–Crippen LogP) is 3.75. The molecule has 1 aromatic carbocycles. The average Bonchev–Trinajstić information content (AvgIpc) is 2.29. The standard InChI is InChI=1S/C15H18N2/c1-11-5-7-12(8-6-11)14-16-10-9-13(17-14)15(2,3)4/h5-10H,1-4H3. The van der Waals surface area contributed by atoms with Gasteiger partial charge in [-0.15, -0.1) is 0 Å². The smallest absolute Gasteiger partial charge is 0.159 e. The van der Waals surface area contributed by atoms with Gasteiger partial charge >= 0.3 is 0 Å². The number of aromatic nitrogens is 2. The second-order valence-electron chi connectivity index (χ2n) is 5.38. The minimum Gasteiger partial charge on any atom is -0.237 e. The van der Waals surface area contributed by atoms with E-state index in [1.54, 1.807) is 0 Å². The van der Waals surface area contributed by atoms with Crippen LogP contribution in [0.5, 0.6) is 0 Å². The van der Waals surface area contributed by atoms with Gasteiger partial charge in [-0.2, -0.15) is 0 Å². The Morgan fingerprint density at radius 1 is 0.941 bits per heavy atom. The monoisotopic (exact) mass is 226 g/mol. The van der Waals surface area contributed by atoms with Crippen molar-refractivity contribution in [1.29, 1.82) is 0 Å². The van der Waals surface area contributed by atoms with E-state index in [0.717, 1.165) is 17.1 Å². The van der Waals surface area contributed by atoms with Crippen molar-refractivity contribution in [2.24, 2.45) is 0 Å². The van der Waals surface area contributed by atoms with Gasteiger partial charge in [0.2, 0.25) is 0 Å². The fourth-order valence-electron chi connectivity index (χ4n) is 1.62. The van der Waals surface area contributed by atoms with Gasteiger partial charge in [0.25, 0.3) is 0 Å². The first-order chi connectivity index (χ1) is 7.97. The van der Waals surface area contributed by atoms with Gasteiger partial charge < -0.3 is 0 Å². The molecule has 0 unspecified atom stereocenters. The summed E-state index contributed by atoms with van der Waals surface area (Å²) in [5, 5.41) is 0. The van der Waals surface area contributed by atoms with Crippen LogP contribution in [0.4, 0.5) is 0 Å². The lowest BCUT2D eigenvalue weighted by Crippen LogP contribution is -2.14. The van der Waals surface area contributed by atoms with Gasteiger partial charge in [0.1, 0.15) is 0 Å². The molecule has 0 amide bonds. The third-order valence-electron chi connectivity index (χ3n) is 2.73. The third-order valence-corrected chi connectivity index (χ3v) is 2.73. The van der Waals surface area contributed by atoms with Gasteiger partial charge in [0, 0.05) is 22.9 Å². The van der Waals surface area contributed by atoms with Gasteiger partial charge in [0.15, 0.2) is 5.82 Å². The second-order valence-corrected chi connectivity index (χ2v) is 5.38. The van der Waals surface area contributed by atoms with Crippen LogP contribution >= 0.6 is 0 Å². The lowest BCUT2D eigenvalue weighted by atomic mass is 9.92. The maximum atomic E-state index is 4.63. The molecule has 0 aliphatic heterocycles.